The molecule has 106 valence electrons. The molecule has 0 spiro atoms. The lowest BCUT2D eigenvalue weighted by Gasteiger charge is -2.27. The highest BCUT2D eigenvalue weighted by Crippen LogP contribution is 2.32. The molecule has 4 heteroatoms. The summed E-state index contributed by atoms with van der Waals surface area (Å²) < 4.78 is 0. The fourth-order valence-corrected chi connectivity index (χ4v) is 3.13. The number of rotatable bonds is 3. The fraction of sp³-hybridized carbons (Fsp3) is 0.600. The molecule has 1 unspecified atom stereocenters. The number of nitrogens with one attached hydrogen (secondary N) is 1. The predicted molar refractivity (Wildman–Crippen MR) is 84.7 cm³/mol. The van der Waals surface area contributed by atoms with Gasteiger partial charge in [0.25, 0.3) is 0 Å². The maximum atomic E-state index is 6.39. The summed E-state index contributed by atoms with van der Waals surface area (Å²) in [6.07, 6.45) is 3.55. The molecule has 2 nitrogen and oxygen atoms in total. The van der Waals surface area contributed by atoms with Crippen molar-refractivity contribution in [3.8, 4) is 0 Å². The highest BCUT2D eigenvalue weighted by molar-refractivity contribution is 6.35. The van der Waals surface area contributed by atoms with Crippen molar-refractivity contribution in [3.05, 3.63) is 27.7 Å². The molecule has 1 heterocycles. The van der Waals surface area contributed by atoms with Gasteiger partial charge < -0.3 is 10.2 Å². The Morgan fingerprint density at radius 1 is 1.32 bits per heavy atom. The second-order valence-electron chi connectivity index (χ2n) is 5.29. The van der Waals surface area contributed by atoms with Crippen molar-refractivity contribution in [2.45, 2.75) is 39.2 Å². The Morgan fingerprint density at radius 2 is 2.11 bits per heavy atom. The number of anilines is 1. The lowest BCUT2D eigenvalue weighted by Crippen LogP contribution is -2.37. The van der Waals surface area contributed by atoms with Crippen LogP contribution in [-0.2, 0) is 0 Å². The van der Waals surface area contributed by atoms with Gasteiger partial charge in [0.2, 0.25) is 0 Å². The molecule has 1 aliphatic heterocycles. The van der Waals surface area contributed by atoms with Gasteiger partial charge in [0.1, 0.15) is 0 Å². The molecular formula is C15H22Cl2N2. The molecule has 1 aromatic rings. The number of nitrogens with zero attached hydrogens (tertiary/aromatic N) is 1. The van der Waals surface area contributed by atoms with Gasteiger partial charge >= 0.3 is 0 Å². The smallest absolute Gasteiger partial charge is 0.0643 e. The van der Waals surface area contributed by atoms with Gasteiger partial charge in [-0.2, -0.15) is 0 Å². The summed E-state index contributed by atoms with van der Waals surface area (Å²) in [6, 6.07) is 4.52. The molecule has 1 fully saturated rings. The van der Waals surface area contributed by atoms with Gasteiger partial charge in [-0.1, -0.05) is 36.5 Å². The minimum absolute atomic E-state index is 0.545. The number of benzene rings is 1. The van der Waals surface area contributed by atoms with E-state index in [1.54, 1.807) is 0 Å². The van der Waals surface area contributed by atoms with Crippen molar-refractivity contribution in [2.75, 3.05) is 24.5 Å². The van der Waals surface area contributed by atoms with Crippen LogP contribution in [-0.4, -0.2) is 25.7 Å². The molecule has 0 bridgehead atoms. The van der Waals surface area contributed by atoms with Crippen LogP contribution in [0.5, 0.6) is 0 Å². The zero-order valence-electron chi connectivity index (χ0n) is 11.7. The summed E-state index contributed by atoms with van der Waals surface area (Å²) in [7, 11) is 0. The minimum Gasteiger partial charge on any atom is -0.369 e. The maximum Gasteiger partial charge on any atom is 0.0643 e. The van der Waals surface area contributed by atoms with Gasteiger partial charge in [-0.15, -0.1) is 0 Å². The molecule has 0 amide bonds. The number of halogens is 2. The first kappa shape index (κ1) is 15.0. The summed E-state index contributed by atoms with van der Waals surface area (Å²) in [6.45, 7) is 7.34. The van der Waals surface area contributed by atoms with Crippen molar-refractivity contribution in [1.82, 2.24) is 5.32 Å². The number of hydrogen-bond acceptors (Lipinski definition) is 2. The summed E-state index contributed by atoms with van der Waals surface area (Å²) in [5.74, 6) is 0. The topological polar surface area (TPSA) is 15.3 Å². The Morgan fingerprint density at radius 3 is 2.84 bits per heavy atom. The Hall–Kier alpha value is -0.440. The van der Waals surface area contributed by atoms with Gasteiger partial charge in [-0.25, -0.2) is 0 Å². The van der Waals surface area contributed by atoms with Gasteiger partial charge in [-0.05, 0) is 44.0 Å². The second kappa shape index (κ2) is 6.83. The Balaban J connectivity index is 2.21. The quantitative estimate of drug-likeness (QED) is 0.897. The van der Waals surface area contributed by atoms with Crippen LogP contribution in [0, 0.1) is 6.92 Å². The molecule has 1 aromatic carbocycles. The van der Waals surface area contributed by atoms with Gasteiger partial charge in [0, 0.05) is 24.2 Å². The van der Waals surface area contributed by atoms with Crippen LogP contribution in [0.4, 0.5) is 5.69 Å². The van der Waals surface area contributed by atoms with Crippen molar-refractivity contribution < 1.29 is 0 Å². The van der Waals surface area contributed by atoms with Crippen LogP contribution in [0.25, 0.3) is 0 Å². The van der Waals surface area contributed by atoms with E-state index >= 15 is 0 Å². The number of aryl methyl sites for hydroxylation is 1. The van der Waals surface area contributed by atoms with E-state index in [4.69, 9.17) is 23.2 Å². The molecule has 0 radical (unpaired) electrons. The maximum absolute atomic E-state index is 6.39. The Kier molecular flexibility index (Phi) is 5.37. The van der Waals surface area contributed by atoms with Crippen LogP contribution in [0.3, 0.4) is 0 Å². The Bertz CT molecular complexity index is 434. The minimum atomic E-state index is 0.545. The van der Waals surface area contributed by atoms with Crippen molar-refractivity contribution in [3.63, 3.8) is 0 Å². The predicted octanol–water partition coefficient (Wildman–Crippen LogP) is 4.27. The van der Waals surface area contributed by atoms with E-state index in [0.29, 0.717) is 6.04 Å². The molecule has 1 N–H and O–H groups in total. The summed E-state index contributed by atoms with van der Waals surface area (Å²) >= 11 is 12.6. The fourth-order valence-electron chi connectivity index (χ4n) is 2.64. The molecule has 1 saturated heterocycles. The van der Waals surface area contributed by atoms with Gasteiger partial charge in [0.15, 0.2) is 0 Å². The highest BCUT2D eigenvalue weighted by atomic mass is 35.5. The van der Waals surface area contributed by atoms with E-state index in [2.05, 4.69) is 17.1 Å². The zero-order chi connectivity index (χ0) is 13.8. The standard InChI is InChI=1S/C15H22Cl2N2/c1-3-5-12-10-19(7-4-6-18-12)15-9-13(16)11(2)8-14(15)17/h8-9,12,18H,3-7,10H2,1-2H3. The van der Waals surface area contributed by atoms with Crippen LogP contribution in [0.2, 0.25) is 10.0 Å². The van der Waals surface area contributed by atoms with Crippen molar-refractivity contribution >= 4 is 28.9 Å². The van der Waals surface area contributed by atoms with E-state index in [1.807, 2.05) is 19.1 Å². The van der Waals surface area contributed by atoms with E-state index in [-0.39, 0.29) is 0 Å². The second-order valence-corrected chi connectivity index (χ2v) is 6.11. The first-order chi connectivity index (χ1) is 9.11. The average Bonchev–Trinajstić information content (AvgIpc) is 2.60. The zero-order valence-corrected chi connectivity index (χ0v) is 13.2. The van der Waals surface area contributed by atoms with Crippen LogP contribution < -0.4 is 10.2 Å². The summed E-state index contributed by atoms with van der Waals surface area (Å²) in [5.41, 5.74) is 2.11. The van der Waals surface area contributed by atoms with Crippen LogP contribution in [0.15, 0.2) is 12.1 Å². The lowest BCUT2D eigenvalue weighted by molar-refractivity contribution is 0.502. The van der Waals surface area contributed by atoms with Gasteiger partial charge in [0.05, 0.1) is 10.7 Å². The molecule has 0 saturated carbocycles. The highest BCUT2D eigenvalue weighted by Gasteiger charge is 2.19. The first-order valence-electron chi connectivity index (χ1n) is 7.05. The van der Waals surface area contributed by atoms with E-state index in [9.17, 15) is 0 Å². The van der Waals surface area contributed by atoms with Crippen molar-refractivity contribution in [1.29, 1.82) is 0 Å². The average molecular weight is 301 g/mol. The third-order valence-electron chi connectivity index (χ3n) is 3.68. The third kappa shape index (κ3) is 3.77. The molecule has 2 rings (SSSR count). The lowest BCUT2D eigenvalue weighted by atomic mass is 10.1. The molecule has 1 aliphatic rings. The third-order valence-corrected chi connectivity index (χ3v) is 4.39. The molecule has 19 heavy (non-hydrogen) atoms. The van der Waals surface area contributed by atoms with Crippen LogP contribution >= 0.6 is 23.2 Å². The van der Waals surface area contributed by atoms with E-state index in [0.717, 1.165) is 47.4 Å². The SMILES string of the molecule is CCCC1CN(c2cc(Cl)c(C)cc2Cl)CCCN1. The van der Waals surface area contributed by atoms with Crippen molar-refractivity contribution in [2.24, 2.45) is 0 Å². The van der Waals surface area contributed by atoms with E-state index < -0.39 is 0 Å². The van der Waals surface area contributed by atoms with Gasteiger partial charge in [-0.3, -0.25) is 0 Å². The summed E-state index contributed by atoms with van der Waals surface area (Å²) in [5, 5.41) is 5.21. The molecule has 0 aliphatic carbocycles. The largest absolute Gasteiger partial charge is 0.369 e. The normalized spacial score (nSPS) is 20.4. The summed E-state index contributed by atoms with van der Waals surface area (Å²) in [4.78, 5) is 2.37. The first-order valence-corrected chi connectivity index (χ1v) is 7.81. The monoisotopic (exact) mass is 300 g/mol. The van der Waals surface area contributed by atoms with E-state index in [1.165, 1.54) is 12.8 Å². The molecule has 0 aromatic heterocycles. The van der Waals surface area contributed by atoms with Crippen LogP contribution in [0.1, 0.15) is 31.7 Å². The Labute approximate surface area is 126 Å². The molecular weight excluding hydrogens is 279 g/mol. The number of hydrogen-bond donors (Lipinski definition) is 1. The molecule has 1 atom stereocenters.